The molecule has 1 aliphatic heterocycles. The van der Waals surface area contributed by atoms with Crippen molar-refractivity contribution in [2.45, 2.75) is 19.4 Å². The standard InChI is InChI=1S/C24H27N5OS/c1-19(24-26-21-10-5-6-11-22(21)31-24)28-16-14-27(15-17-28)18-23(30)29(13-7-12-25)20-8-3-2-4-9-20/h2-6,8-11,19H,7,13-18H2,1H3. The van der Waals surface area contributed by atoms with E-state index in [9.17, 15) is 4.79 Å². The number of benzene rings is 2. The zero-order valence-corrected chi connectivity index (χ0v) is 18.6. The van der Waals surface area contributed by atoms with Crippen LogP contribution < -0.4 is 4.90 Å². The highest BCUT2D eigenvalue weighted by Crippen LogP contribution is 2.30. The zero-order chi connectivity index (χ0) is 21.6. The van der Waals surface area contributed by atoms with Gasteiger partial charge in [0.1, 0.15) is 5.01 Å². The molecule has 1 unspecified atom stereocenters. The number of fused-ring (bicyclic) bond motifs is 1. The average Bonchev–Trinajstić information content (AvgIpc) is 3.24. The van der Waals surface area contributed by atoms with Crippen molar-refractivity contribution in [3.63, 3.8) is 0 Å². The first-order valence-electron chi connectivity index (χ1n) is 10.7. The van der Waals surface area contributed by atoms with Gasteiger partial charge in [0, 0.05) is 38.4 Å². The molecule has 1 fully saturated rings. The molecule has 1 aromatic heterocycles. The van der Waals surface area contributed by atoms with Gasteiger partial charge in [-0.2, -0.15) is 5.26 Å². The highest BCUT2D eigenvalue weighted by Gasteiger charge is 2.26. The van der Waals surface area contributed by atoms with Crippen LogP contribution in [0.1, 0.15) is 24.4 Å². The van der Waals surface area contributed by atoms with Crippen LogP contribution in [-0.4, -0.2) is 60.0 Å². The Morgan fingerprint density at radius 3 is 2.55 bits per heavy atom. The zero-order valence-electron chi connectivity index (χ0n) is 17.8. The van der Waals surface area contributed by atoms with Gasteiger partial charge in [-0.1, -0.05) is 30.3 Å². The van der Waals surface area contributed by atoms with E-state index in [4.69, 9.17) is 10.2 Å². The number of hydrogen-bond donors (Lipinski definition) is 0. The van der Waals surface area contributed by atoms with Gasteiger partial charge in [-0.15, -0.1) is 11.3 Å². The van der Waals surface area contributed by atoms with Gasteiger partial charge >= 0.3 is 0 Å². The minimum absolute atomic E-state index is 0.0501. The van der Waals surface area contributed by atoms with Crippen LogP contribution in [0.2, 0.25) is 0 Å². The monoisotopic (exact) mass is 433 g/mol. The second-order valence-corrected chi connectivity index (χ2v) is 8.86. The van der Waals surface area contributed by atoms with Crippen molar-refractivity contribution in [1.82, 2.24) is 14.8 Å². The quantitative estimate of drug-likeness (QED) is 0.565. The van der Waals surface area contributed by atoms with E-state index < -0.39 is 0 Å². The maximum Gasteiger partial charge on any atom is 0.241 e. The van der Waals surface area contributed by atoms with E-state index in [1.54, 1.807) is 16.2 Å². The molecule has 31 heavy (non-hydrogen) atoms. The molecule has 1 saturated heterocycles. The predicted octanol–water partition coefficient (Wildman–Crippen LogP) is 3.92. The van der Waals surface area contributed by atoms with E-state index in [0.717, 1.165) is 42.4 Å². The van der Waals surface area contributed by atoms with Crippen LogP contribution >= 0.6 is 11.3 Å². The fourth-order valence-electron chi connectivity index (χ4n) is 3.98. The number of carbonyl (C=O) groups is 1. The van der Waals surface area contributed by atoms with Crippen molar-refractivity contribution in [3.8, 4) is 6.07 Å². The fraction of sp³-hybridized carbons (Fsp3) is 0.375. The number of para-hydroxylation sites is 2. The smallest absolute Gasteiger partial charge is 0.241 e. The number of rotatable bonds is 7. The molecule has 3 aromatic rings. The van der Waals surface area contributed by atoms with Crippen LogP contribution in [0.3, 0.4) is 0 Å². The Morgan fingerprint density at radius 2 is 1.84 bits per heavy atom. The molecule has 6 nitrogen and oxygen atoms in total. The minimum atomic E-state index is 0.0501. The maximum atomic E-state index is 13.0. The van der Waals surface area contributed by atoms with Gasteiger partial charge in [0.2, 0.25) is 5.91 Å². The second-order valence-electron chi connectivity index (χ2n) is 7.80. The van der Waals surface area contributed by atoms with Gasteiger partial charge in [-0.05, 0) is 31.2 Å². The third-order valence-electron chi connectivity index (χ3n) is 5.80. The summed E-state index contributed by atoms with van der Waals surface area (Å²) in [6, 6.07) is 20.3. The average molecular weight is 434 g/mol. The van der Waals surface area contributed by atoms with Crippen molar-refractivity contribution in [2.24, 2.45) is 0 Å². The Hall–Kier alpha value is -2.79. The van der Waals surface area contributed by atoms with Gasteiger partial charge in [-0.25, -0.2) is 4.98 Å². The van der Waals surface area contributed by atoms with E-state index in [2.05, 4.69) is 41.0 Å². The normalized spacial score (nSPS) is 16.1. The van der Waals surface area contributed by atoms with Crippen molar-refractivity contribution >= 4 is 33.1 Å². The number of nitrogens with zero attached hydrogens (tertiary/aromatic N) is 5. The van der Waals surface area contributed by atoms with Crippen LogP contribution in [-0.2, 0) is 4.79 Å². The Morgan fingerprint density at radius 1 is 1.13 bits per heavy atom. The number of anilines is 1. The van der Waals surface area contributed by atoms with Crippen molar-refractivity contribution in [3.05, 3.63) is 59.6 Å². The summed E-state index contributed by atoms with van der Waals surface area (Å²) >= 11 is 1.77. The summed E-state index contributed by atoms with van der Waals surface area (Å²) in [5, 5.41) is 10.1. The molecule has 1 atom stereocenters. The molecule has 0 bridgehead atoms. The number of thiazole rings is 1. The van der Waals surface area contributed by atoms with Crippen molar-refractivity contribution in [2.75, 3.05) is 44.2 Å². The Bertz CT molecular complexity index is 1020. The molecule has 0 spiro atoms. The molecule has 2 heterocycles. The fourth-order valence-corrected chi connectivity index (χ4v) is 5.03. The SMILES string of the molecule is CC(c1nc2ccccc2s1)N1CCN(CC(=O)N(CCC#N)c2ccccc2)CC1. The van der Waals surface area contributed by atoms with Crippen LogP contribution in [0.15, 0.2) is 54.6 Å². The maximum absolute atomic E-state index is 13.0. The summed E-state index contributed by atoms with van der Waals surface area (Å²) in [5.41, 5.74) is 1.92. The lowest BCUT2D eigenvalue weighted by Crippen LogP contribution is -2.50. The summed E-state index contributed by atoms with van der Waals surface area (Å²) in [6.45, 7) is 6.54. The first-order chi connectivity index (χ1) is 15.2. The number of carbonyl (C=O) groups excluding carboxylic acids is 1. The molecular weight excluding hydrogens is 406 g/mol. The molecule has 4 rings (SSSR count). The van der Waals surface area contributed by atoms with Crippen LogP contribution in [0.4, 0.5) is 5.69 Å². The van der Waals surface area contributed by atoms with E-state index in [1.807, 2.05) is 36.4 Å². The van der Waals surface area contributed by atoms with Crippen LogP contribution in [0.5, 0.6) is 0 Å². The Labute approximate surface area is 187 Å². The van der Waals surface area contributed by atoms with E-state index in [0.29, 0.717) is 19.5 Å². The van der Waals surface area contributed by atoms with Crippen molar-refractivity contribution in [1.29, 1.82) is 5.26 Å². The first-order valence-corrected chi connectivity index (χ1v) is 11.5. The number of hydrogen-bond acceptors (Lipinski definition) is 6. The number of piperazine rings is 1. The van der Waals surface area contributed by atoms with Gasteiger partial charge in [0.25, 0.3) is 0 Å². The molecule has 1 aliphatic rings. The molecule has 160 valence electrons. The van der Waals surface area contributed by atoms with Gasteiger partial charge < -0.3 is 4.90 Å². The summed E-state index contributed by atoms with van der Waals surface area (Å²) in [7, 11) is 0. The molecule has 0 aliphatic carbocycles. The minimum Gasteiger partial charge on any atom is -0.310 e. The second kappa shape index (κ2) is 10.0. The van der Waals surface area contributed by atoms with Crippen LogP contribution in [0, 0.1) is 11.3 Å². The summed E-state index contributed by atoms with van der Waals surface area (Å²) in [6.07, 6.45) is 0.327. The highest BCUT2D eigenvalue weighted by atomic mass is 32.1. The Balaban J connectivity index is 1.34. The van der Waals surface area contributed by atoms with E-state index in [1.165, 1.54) is 4.70 Å². The molecule has 0 N–H and O–H groups in total. The van der Waals surface area contributed by atoms with Gasteiger partial charge in [0.15, 0.2) is 0 Å². The number of nitriles is 1. The molecule has 0 radical (unpaired) electrons. The number of aromatic nitrogens is 1. The number of amides is 1. The van der Waals surface area contributed by atoms with Gasteiger partial charge in [-0.3, -0.25) is 14.6 Å². The first kappa shape index (κ1) is 21.4. The third-order valence-corrected chi connectivity index (χ3v) is 7.00. The highest BCUT2D eigenvalue weighted by molar-refractivity contribution is 7.18. The summed E-state index contributed by atoms with van der Waals surface area (Å²) in [5.74, 6) is 0.0501. The molecule has 1 amide bonds. The lowest BCUT2D eigenvalue weighted by atomic mass is 10.2. The van der Waals surface area contributed by atoms with E-state index in [-0.39, 0.29) is 11.9 Å². The molecular formula is C24H27N5OS. The van der Waals surface area contributed by atoms with Gasteiger partial charge in [0.05, 0.1) is 35.3 Å². The van der Waals surface area contributed by atoms with Crippen molar-refractivity contribution < 1.29 is 4.79 Å². The largest absolute Gasteiger partial charge is 0.310 e. The summed E-state index contributed by atoms with van der Waals surface area (Å²) in [4.78, 5) is 24.2. The molecule has 2 aromatic carbocycles. The predicted molar refractivity (Wildman–Crippen MR) is 125 cm³/mol. The summed E-state index contributed by atoms with van der Waals surface area (Å²) < 4.78 is 1.23. The third kappa shape index (κ3) is 5.10. The van der Waals surface area contributed by atoms with Crippen LogP contribution in [0.25, 0.3) is 10.2 Å². The lowest BCUT2D eigenvalue weighted by Gasteiger charge is -2.37. The van der Waals surface area contributed by atoms with E-state index >= 15 is 0 Å². The molecule has 0 saturated carbocycles. The Kier molecular flexibility index (Phi) is 6.92. The lowest BCUT2D eigenvalue weighted by molar-refractivity contribution is -0.120. The molecule has 7 heteroatoms. The topological polar surface area (TPSA) is 63.5 Å².